The molecule has 0 aromatic carbocycles. The van der Waals surface area contributed by atoms with Gasteiger partial charge >= 0.3 is 0 Å². The molecule has 1 aliphatic carbocycles. The first-order chi connectivity index (χ1) is 9.22. The highest BCUT2D eigenvalue weighted by Crippen LogP contribution is 2.30. The predicted molar refractivity (Wildman–Crippen MR) is 73.3 cm³/mol. The predicted octanol–water partition coefficient (Wildman–Crippen LogP) is 0.490. The van der Waals surface area contributed by atoms with Crippen LogP contribution in [0.15, 0.2) is 0 Å². The maximum Gasteiger partial charge on any atom is 0.241 e. The molecule has 2 rings (SSSR count). The van der Waals surface area contributed by atoms with E-state index in [-0.39, 0.29) is 24.3 Å². The Morgan fingerprint density at radius 1 is 1.11 bits per heavy atom. The Hall–Kier alpha value is -1.10. The molecule has 108 valence electrons. The van der Waals surface area contributed by atoms with Crippen LogP contribution in [-0.2, 0) is 9.59 Å². The van der Waals surface area contributed by atoms with Crippen LogP contribution in [0.25, 0.3) is 0 Å². The third kappa shape index (κ3) is 3.69. The van der Waals surface area contributed by atoms with Gasteiger partial charge in [-0.3, -0.25) is 9.59 Å². The van der Waals surface area contributed by atoms with Gasteiger partial charge in [-0.1, -0.05) is 6.42 Å². The van der Waals surface area contributed by atoms with Gasteiger partial charge in [0.2, 0.25) is 11.8 Å². The lowest BCUT2D eigenvalue weighted by Crippen LogP contribution is -2.44. The van der Waals surface area contributed by atoms with Crippen LogP contribution in [0, 0.1) is 11.8 Å². The quantitative estimate of drug-likeness (QED) is 0.778. The molecule has 5 heteroatoms. The van der Waals surface area contributed by atoms with Crippen molar-refractivity contribution >= 4 is 11.8 Å². The third-order valence-corrected chi connectivity index (χ3v) is 4.42. The summed E-state index contributed by atoms with van der Waals surface area (Å²) < 4.78 is 0. The molecular formula is C14H25N3O2. The molecule has 3 N–H and O–H groups in total. The van der Waals surface area contributed by atoms with Gasteiger partial charge in [0, 0.05) is 19.0 Å². The minimum atomic E-state index is 0.0123. The fourth-order valence-corrected chi connectivity index (χ4v) is 3.21. The highest BCUT2D eigenvalue weighted by molar-refractivity contribution is 5.86. The van der Waals surface area contributed by atoms with E-state index in [0.717, 1.165) is 45.2 Å². The smallest absolute Gasteiger partial charge is 0.241 e. The van der Waals surface area contributed by atoms with E-state index in [9.17, 15) is 9.59 Å². The number of nitrogens with one attached hydrogen (secondary N) is 1. The van der Waals surface area contributed by atoms with Crippen molar-refractivity contribution in [1.29, 1.82) is 0 Å². The van der Waals surface area contributed by atoms with Gasteiger partial charge in [0.25, 0.3) is 0 Å². The highest BCUT2D eigenvalue weighted by Gasteiger charge is 2.32. The number of carbonyl (C=O) groups is 2. The van der Waals surface area contributed by atoms with Gasteiger partial charge in [0.15, 0.2) is 0 Å². The molecule has 0 unspecified atom stereocenters. The monoisotopic (exact) mass is 267 g/mol. The summed E-state index contributed by atoms with van der Waals surface area (Å²) in [7, 11) is 0. The van der Waals surface area contributed by atoms with Crippen molar-refractivity contribution in [2.24, 2.45) is 17.6 Å². The lowest BCUT2D eigenvalue weighted by Gasteiger charge is -2.27. The Balaban J connectivity index is 1.75. The first-order valence-corrected chi connectivity index (χ1v) is 7.48. The molecule has 0 radical (unpaired) electrons. The van der Waals surface area contributed by atoms with Crippen LogP contribution >= 0.6 is 0 Å². The maximum absolute atomic E-state index is 12.1. The molecule has 2 aliphatic rings. The number of hydrogen-bond donors (Lipinski definition) is 2. The van der Waals surface area contributed by atoms with Gasteiger partial charge in [0.1, 0.15) is 0 Å². The lowest BCUT2D eigenvalue weighted by atomic mass is 9.95. The van der Waals surface area contributed by atoms with Crippen LogP contribution in [0.3, 0.4) is 0 Å². The molecule has 1 aliphatic heterocycles. The van der Waals surface area contributed by atoms with Gasteiger partial charge in [0.05, 0.1) is 6.54 Å². The van der Waals surface area contributed by atoms with Crippen molar-refractivity contribution in [1.82, 2.24) is 10.2 Å². The Labute approximate surface area is 114 Å². The molecule has 5 nitrogen and oxygen atoms in total. The molecule has 0 spiro atoms. The van der Waals surface area contributed by atoms with Crippen LogP contribution in [0.2, 0.25) is 0 Å². The number of nitrogens with zero attached hydrogens (tertiary/aromatic N) is 1. The van der Waals surface area contributed by atoms with E-state index in [1.807, 2.05) is 4.90 Å². The molecule has 0 aromatic heterocycles. The van der Waals surface area contributed by atoms with Gasteiger partial charge in [-0.25, -0.2) is 0 Å². The van der Waals surface area contributed by atoms with Crippen molar-refractivity contribution in [3.63, 3.8) is 0 Å². The third-order valence-electron chi connectivity index (χ3n) is 4.42. The van der Waals surface area contributed by atoms with Gasteiger partial charge in [-0.15, -0.1) is 0 Å². The standard InChI is InChI=1S/C14H25N3O2/c15-9-11-5-4-6-12(11)14(19)16-10-13(18)17-7-2-1-3-8-17/h11-12H,1-10,15H2,(H,16,19)/t11-,12-/m1/s1. The fraction of sp³-hybridized carbons (Fsp3) is 0.857. The zero-order valence-electron chi connectivity index (χ0n) is 11.6. The number of likely N-dealkylation sites (tertiary alicyclic amines) is 1. The number of carbonyl (C=O) groups excluding carboxylic acids is 2. The lowest BCUT2D eigenvalue weighted by molar-refractivity contribution is -0.134. The first kappa shape index (κ1) is 14.3. The van der Waals surface area contributed by atoms with Crippen LogP contribution in [0.1, 0.15) is 38.5 Å². The second-order valence-electron chi connectivity index (χ2n) is 5.69. The normalized spacial score (nSPS) is 27.3. The van der Waals surface area contributed by atoms with Crippen LogP contribution in [-0.4, -0.2) is 42.9 Å². The van der Waals surface area contributed by atoms with Crippen molar-refractivity contribution in [3.8, 4) is 0 Å². The summed E-state index contributed by atoms with van der Waals surface area (Å²) in [6, 6.07) is 0. The van der Waals surface area contributed by atoms with E-state index in [1.165, 1.54) is 6.42 Å². The number of amides is 2. The Kier molecular flexibility index (Phi) is 5.19. The zero-order valence-corrected chi connectivity index (χ0v) is 11.6. The first-order valence-electron chi connectivity index (χ1n) is 7.48. The average molecular weight is 267 g/mol. The Bertz CT molecular complexity index is 327. The largest absolute Gasteiger partial charge is 0.347 e. The maximum atomic E-state index is 12.1. The van der Waals surface area contributed by atoms with E-state index in [0.29, 0.717) is 12.5 Å². The van der Waals surface area contributed by atoms with Gasteiger partial charge in [-0.05, 0) is 44.6 Å². The molecule has 2 amide bonds. The molecule has 2 atom stereocenters. The highest BCUT2D eigenvalue weighted by atomic mass is 16.2. The number of nitrogens with two attached hydrogens (primary N) is 1. The molecular weight excluding hydrogens is 242 g/mol. The van der Waals surface area contributed by atoms with Crippen molar-refractivity contribution in [3.05, 3.63) is 0 Å². The number of piperidine rings is 1. The summed E-state index contributed by atoms with van der Waals surface area (Å²) >= 11 is 0. The molecule has 1 saturated heterocycles. The van der Waals surface area contributed by atoms with Crippen molar-refractivity contribution in [2.45, 2.75) is 38.5 Å². The Morgan fingerprint density at radius 3 is 2.53 bits per heavy atom. The fourth-order valence-electron chi connectivity index (χ4n) is 3.21. The summed E-state index contributed by atoms with van der Waals surface area (Å²) in [6.07, 6.45) is 6.38. The second-order valence-corrected chi connectivity index (χ2v) is 5.69. The number of rotatable bonds is 4. The minimum absolute atomic E-state index is 0.0123. The van der Waals surface area contributed by atoms with Gasteiger partial charge < -0.3 is 16.0 Å². The van der Waals surface area contributed by atoms with Crippen LogP contribution in [0.5, 0.6) is 0 Å². The van der Waals surface area contributed by atoms with E-state index >= 15 is 0 Å². The Morgan fingerprint density at radius 2 is 1.84 bits per heavy atom. The summed E-state index contributed by atoms with van der Waals surface area (Å²) in [6.45, 7) is 2.39. The molecule has 19 heavy (non-hydrogen) atoms. The molecule has 2 fully saturated rings. The average Bonchev–Trinajstić information content (AvgIpc) is 2.93. The zero-order chi connectivity index (χ0) is 13.7. The van der Waals surface area contributed by atoms with Crippen molar-refractivity contribution < 1.29 is 9.59 Å². The summed E-state index contributed by atoms with van der Waals surface area (Å²) in [4.78, 5) is 25.9. The van der Waals surface area contributed by atoms with Gasteiger partial charge in [-0.2, -0.15) is 0 Å². The summed E-state index contributed by atoms with van der Waals surface area (Å²) in [5.74, 6) is 0.373. The van der Waals surface area contributed by atoms with E-state index in [4.69, 9.17) is 5.73 Å². The van der Waals surface area contributed by atoms with Crippen molar-refractivity contribution in [2.75, 3.05) is 26.2 Å². The topological polar surface area (TPSA) is 75.4 Å². The number of hydrogen-bond acceptors (Lipinski definition) is 3. The molecule has 1 heterocycles. The SMILES string of the molecule is NC[C@H]1CCC[C@H]1C(=O)NCC(=O)N1CCCCC1. The minimum Gasteiger partial charge on any atom is -0.347 e. The molecule has 0 bridgehead atoms. The van der Waals surface area contributed by atoms with E-state index in [2.05, 4.69) is 5.32 Å². The van der Waals surface area contributed by atoms with Crippen LogP contribution in [0.4, 0.5) is 0 Å². The van der Waals surface area contributed by atoms with E-state index in [1.54, 1.807) is 0 Å². The second kappa shape index (κ2) is 6.89. The summed E-state index contributed by atoms with van der Waals surface area (Å²) in [5, 5.41) is 2.80. The molecule has 1 saturated carbocycles. The molecule has 0 aromatic rings. The van der Waals surface area contributed by atoms with Crippen LogP contribution < -0.4 is 11.1 Å². The summed E-state index contributed by atoms with van der Waals surface area (Å²) in [5.41, 5.74) is 5.68. The van der Waals surface area contributed by atoms with E-state index < -0.39 is 0 Å².